The molecule has 2 heterocycles. The van der Waals surface area contributed by atoms with Crippen molar-refractivity contribution in [3.8, 4) is 0 Å². The predicted octanol–water partition coefficient (Wildman–Crippen LogP) is 4.22. The highest BCUT2D eigenvalue weighted by molar-refractivity contribution is 7.10. The number of thiophene rings is 1. The van der Waals surface area contributed by atoms with Gasteiger partial charge in [0.05, 0.1) is 13.2 Å². The van der Waals surface area contributed by atoms with Crippen LogP contribution in [0.3, 0.4) is 0 Å². The highest BCUT2D eigenvalue weighted by atomic mass is 32.1. The zero-order valence-electron chi connectivity index (χ0n) is 13.8. The first-order chi connectivity index (χ1) is 11.8. The fraction of sp³-hybridized carbons (Fsp3) is 0.350. The van der Waals surface area contributed by atoms with Crippen LogP contribution in [-0.4, -0.2) is 30.5 Å². The molecule has 1 aliphatic rings. The van der Waals surface area contributed by atoms with Gasteiger partial charge in [-0.25, -0.2) is 0 Å². The van der Waals surface area contributed by atoms with Gasteiger partial charge in [0.15, 0.2) is 0 Å². The van der Waals surface area contributed by atoms with Gasteiger partial charge >= 0.3 is 0 Å². The molecule has 126 valence electrons. The molecule has 1 fully saturated rings. The number of hydrogen-bond donors (Lipinski definition) is 0. The summed E-state index contributed by atoms with van der Waals surface area (Å²) >= 11 is 1.64. The number of hydrogen-bond acceptors (Lipinski definition) is 3. The number of carbonyl (C=O) groups excluding carboxylic acids is 1. The van der Waals surface area contributed by atoms with Crippen LogP contribution in [0.25, 0.3) is 6.08 Å². The second-order valence-corrected chi connectivity index (χ2v) is 7.12. The summed E-state index contributed by atoms with van der Waals surface area (Å²) in [6.45, 7) is 3.00. The smallest absolute Gasteiger partial charge is 0.246 e. The topological polar surface area (TPSA) is 29.5 Å². The number of carbonyl (C=O) groups is 1. The van der Waals surface area contributed by atoms with Crippen LogP contribution in [0.5, 0.6) is 0 Å². The Hall–Kier alpha value is -1.91. The molecule has 4 heteroatoms. The van der Waals surface area contributed by atoms with Crippen molar-refractivity contribution in [2.24, 2.45) is 5.92 Å². The summed E-state index contributed by atoms with van der Waals surface area (Å²) in [6, 6.07) is 14.2. The number of benzene rings is 1. The molecule has 1 aliphatic heterocycles. The van der Waals surface area contributed by atoms with E-state index in [1.54, 1.807) is 17.4 Å². The van der Waals surface area contributed by atoms with E-state index >= 15 is 0 Å². The van der Waals surface area contributed by atoms with Gasteiger partial charge in [0, 0.05) is 24.0 Å². The van der Waals surface area contributed by atoms with E-state index < -0.39 is 0 Å². The standard InChI is InChI=1S/C20H23NO2S/c22-20(11-10-19-9-5-13-24-19)21-12-4-8-18(14-21)16-23-15-17-6-2-1-3-7-17/h1-3,5-7,9-11,13,18H,4,8,12,14-16H2/b11-10+/t18-/m0/s1. The minimum absolute atomic E-state index is 0.108. The van der Waals surface area contributed by atoms with Crippen LogP contribution in [0, 0.1) is 5.92 Å². The first-order valence-corrected chi connectivity index (χ1v) is 9.31. The highest BCUT2D eigenvalue weighted by Gasteiger charge is 2.22. The van der Waals surface area contributed by atoms with E-state index in [9.17, 15) is 4.79 Å². The lowest BCUT2D eigenvalue weighted by Crippen LogP contribution is -2.40. The summed E-state index contributed by atoms with van der Waals surface area (Å²) in [5.74, 6) is 0.540. The third kappa shape index (κ3) is 5.05. The van der Waals surface area contributed by atoms with Crippen molar-refractivity contribution >= 4 is 23.3 Å². The Balaban J connectivity index is 1.44. The van der Waals surface area contributed by atoms with E-state index in [0.29, 0.717) is 19.1 Å². The van der Waals surface area contributed by atoms with Crippen molar-refractivity contribution in [2.45, 2.75) is 19.4 Å². The molecular weight excluding hydrogens is 318 g/mol. The molecule has 0 spiro atoms. The molecule has 0 radical (unpaired) electrons. The largest absolute Gasteiger partial charge is 0.376 e. The van der Waals surface area contributed by atoms with Crippen molar-refractivity contribution in [1.29, 1.82) is 0 Å². The molecule has 1 amide bonds. The van der Waals surface area contributed by atoms with Gasteiger partial charge in [-0.1, -0.05) is 36.4 Å². The summed E-state index contributed by atoms with van der Waals surface area (Å²) in [5, 5.41) is 2.02. The summed E-state index contributed by atoms with van der Waals surface area (Å²) in [4.78, 5) is 15.4. The van der Waals surface area contributed by atoms with E-state index in [4.69, 9.17) is 4.74 Å². The Morgan fingerprint density at radius 3 is 2.92 bits per heavy atom. The molecule has 3 nitrogen and oxygen atoms in total. The third-order valence-electron chi connectivity index (χ3n) is 4.23. The first-order valence-electron chi connectivity index (χ1n) is 8.43. The molecule has 24 heavy (non-hydrogen) atoms. The number of ether oxygens (including phenoxy) is 1. The fourth-order valence-electron chi connectivity index (χ4n) is 2.96. The fourth-order valence-corrected chi connectivity index (χ4v) is 3.58. The second-order valence-electron chi connectivity index (χ2n) is 6.14. The number of nitrogens with zero attached hydrogens (tertiary/aromatic N) is 1. The lowest BCUT2D eigenvalue weighted by Gasteiger charge is -2.32. The van der Waals surface area contributed by atoms with E-state index in [1.165, 1.54) is 5.56 Å². The molecule has 0 aliphatic carbocycles. The molecule has 2 aromatic rings. The quantitative estimate of drug-likeness (QED) is 0.736. The Bertz CT molecular complexity index is 652. The molecule has 3 rings (SSSR count). The normalized spacial score (nSPS) is 18.2. The zero-order chi connectivity index (χ0) is 16.6. The van der Waals surface area contributed by atoms with Gasteiger partial charge in [-0.05, 0) is 41.8 Å². The number of likely N-dealkylation sites (tertiary alicyclic amines) is 1. The third-order valence-corrected chi connectivity index (χ3v) is 5.07. The van der Waals surface area contributed by atoms with Crippen molar-refractivity contribution in [3.05, 3.63) is 64.4 Å². The van der Waals surface area contributed by atoms with Gasteiger partial charge in [0.25, 0.3) is 0 Å². The van der Waals surface area contributed by atoms with Crippen LogP contribution in [0.4, 0.5) is 0 Å². The molecular formula is C20H23NO2S. The van der Waals surface area contributed by atoms with E-state index in [2.05, 4.69) is 12.1 Å². The van der Waals surface area contributed by atoms with Gasteiger partial charge in [-0.15, -0.1) is 11.3 Å². The number of amides is 1. The molecule has 1 saturated heterocycles. The average molecular weight is 341 g/mol. The van der Waals surface area contributed by atoms with Gasteiger partial charge < -0.3 is 9.64 Å². The van der Waals surface area contributed by atoms with Crippen LogP contribution < -0.4 is 0 Å². The molecule has 1 aromatic carbocycles. The summed E-state index contributed by atoms with van der Waals surface area (Å²) < 4.78 is 5.85. The lowest BCUT2D eigenvalue weighted by molar-refractivity contribution is -0.128. The predicted molar refractivity (Wildman–Crippen MR) is 98.8 cm³/mol. The van der Waals surface area contributed by atoms with Crippen LogP contribution >= 0.6 is 11.3 Å². The second kappa shape index (κ2) is 8.81. The van der Waals surface area contributed by atoms with Crippen molar-refractivity contribution in [3.63, 3.8) is 0 Å². The van der Waals surface area contributed by atoms with Crippen molar-refractivity contribution in [1.82, 2.24) is 4.90 Å². The summed E-state index contributed by atoms with van der Waals surface area (Å²) in [6.07, 6.45) is 5.78. The van der Waals surface area contributed by atoms with E-state index in [0.717, 1.165) is 30.8 Å². The maximum Gasteiger partial charge on any atom is 0.246 e. The maximum absolute atomic E-state index is 12.3. The van der Waals surface area contributed by atoms with Gasteiger partial charge in [0.2, 0.25) is 5.91 Å². The highest BCUT2D eigenvalue weighted by Crippen LogP contribution is 2.18. The van der Waals surface area contributed by atoms with E-state index in [-0.39, 0.29) is 5.91 Å². The molecule has 1 atom stereocenters. The molecule has 0 bridgehead atoms. The van der Waals surface area contributed by atoms with Crippen molar-refractivity contribution in [2.75, 3.05) is 19.7 Å². The van der Waals surface area contributed by atoms with Crippen molar-refractivity contribution < 1.29 is 9.53 Å². The zero-order valence-corrected chi connectivity index (χ0v) is 14.6. The van der Waals surface area contributed by atoms with Crippen LogP contribution in [0.15, 0.2) is 53.9 Å². The van der Waals surface area contributed by atoms with Crippen LogP contribution in [0.1, 0.15) is 23.3 Å². The van der Waals surface area contributed by atoms with Gasteiger partial charge in [0.1, 0.15) is 0 Å². The summed E-state index contributed by atoms with van der Waals surface area (Å²) in [5.41, 5.74) is 1.19. The Morgan fingerprint density at radius 1 is 1.25 bits per heavy atom. The molecule has 1 aromatic heterocycles. The molecule has 0 saturated carbocycles. The molecule has 0 N–H and O–H groups in total. The average Bonchev–Trinajstić information content (AvgIpc) is 3.14. The number of piperidine rings is 1. The first kappa shape index (κ1) is 16.9. The van der Waals surface area contributed by atoms with Crippen LogP contribution in [-0.2, 0) is 16.1 Å². The van der Waals surface area contributed by atoms with Crippen LogP contribution in [0.2, 0.25) is 0 Å². The lowest BCUT2D eigenvalue weighted by atomic mass is 9.99. The Kier molecular flexibility index (Phi) is 6.21. The monoisotopic (exact) mass is 341 g/mol. The Morgan fingerprint density at radius 2 is 2.12 bits per heavy atom. The van der Waals surface area contributed by atoms with E-state index in [1.807, 2.05) is 46.7 Å². The Labute approximate surface area is 147 Å². The number of rotatable bonds is 6. The van der Waals surface area contributed by atoms with Gasteiger partial charge in [-0.2, -0.15) is 0 Å². The maximum atomic E-state index is 12.3. The minimum Gasteiger partial charge on any atom is -0.376 e. The minimum atomic E-state index is 0.108. The molecule has 0 unspecified atom stereocenters. The SMILES string of the molecule is O=C(/C=C/c1cccs1)N1CCC[C@H](COCc2ccccc2)C1. The van der Waals surface area contributed by atoms with Gasteiger partial charge in [-0.3, -0.25) is 4.79 Å². The summed E-state index contributed by atoms with van der Waals surface area (Å²) in [7, 11) is 0.